The molecule has 0 aliphatic carbocycles. The lowest BCUT2D eigenvalue weighted by Crippen LogP contribution is -2.30. The predicted octanol–water partition coefficient (Wildman–Crippen LogP) is 2.41. The average molecular weight is 290 g/mol. The molecule has 1 amide bonds. The lowest BCUT2D eigenvalue weighted by Gasteiger charge is -2.13. The highest BCUT2D eigenvalue weighted by atomic mass is 19.2. The number of hydrogen-bond donors (Lipinski definition) is 2. The van der Waals surface area contributed by atoms with E-state index in [0.29, 0.717) is 5.75 Å². The number of fused-ring (bicyclic) bond motifs is 1. The number of anilines is 1. The highest BCUT2D eigenvalue weighted by molar-refractivity contribution is 5.99. The van der Waals surface area contributed by atoms with Gasteiger partial charge in [0, 0.05) is 17.3 Å². The maximum absolute atomic E-state index is 13.2. The van der Waals surface area contributed by atoms with Gasteiger partial charge < -0.3 is 15.8 Å². The molecule has 0 aromatic heterocycles. The molecule has 6 heteroatoms. The van der Waals surface area contributed by atoms with Crippen LogP contribution in [0.5, 0.6) is 5.75 Å². The van der Waals surface area contributed by atoms with Gasteiger partial charge in [0.05, 0.1) is 11.6 Å². The van der Waals surface area contributed by atoms with Crippen LogP contribution >= 0.6 is 0 Å². The van der Waals surface area contributed by atoms with Gasteiger partial charge in [-0.2, -0.15) is 0 Å². The molecular formula is C15H12F2N2O2. The monoisotopic (exact) mass is 290 g/mol. The molecule has 1 unspecified atom stereocenters. The summed E-state index contributed by atoms with van der Waals surface area (Å²) in [6, 6.07) is 8.54. The van der Waals surface area contributed by atoms with Crippen LogP contribution in [0.2, 0.25) is 0 Å². The molecule has 1 heterocycles. The van der Waals surface area contributed by atoms with Crippen molar-refractivity contribution in [3.05, 3.63) is 59.2 Å². The summed E-state index contributed by atoms with van der Waals surface area (Å²) in [7, 11) is 0. The Bertz CT molecular complexity index is 719. The van der Waals surface area contributed by atoms with Crippen molar-refractivity contribution < 1.29 is 18.3 Å². The number of ether oxygens (including phenoxy) is 1. The van der Waals surface area contributed by atoms with Crippen LogP contribution in [0.4, 0.5) is 14.5 Å². The number of rotatable bonds is 2. The molecule has 0 radical (unpaired) electrons. The molecule has 3 rings (SSSR count). The van der Waals surface area contributed by atoms with Gasteiger partial charge in [-0.1, -0.05) is 18.2 Å². The van der Waals surface area contributed by atoms with E-state index in [1.54, 1.807) is 6.07 Å². The summed E-state index contributed by atoms with van der Waals surface area (Å²) >= 11 is 0. The van der Waals surface area contributed by atoms with Gasteiger partial charge in [-0.25, -0.2) is 8.78 Å². The molecule has 0 saturated carbocycles. The number of benzene rings is 2. The molecule has 21 heavy (non-hydrogen) atoms. The van der Waals surface area contributed by atoms with Crippen LogP contribution in [0, 0.1) is 11.6 Å². The Balaban J connectivity index is 1.84. The van der Waals surface area contributed by atoms with Crippen LogP contribution in [0.1, 0.15) is 22.0 Å². The fourth-order valence-corrected chi connectivity index (χ4v) is 2.28. The van der Waals surface area contributed by atoms with Crippen molar-refractivity contribution in [3.8, 4) is 5.75 Å². The Labute approximate surface area is 119 Å². The average Bonchev–Trinajstić information content (AvgIpc) is 2.86. The Hall–Kier alpha value is -2.63. The largest absolute Gasteiger partial charge is 0.491 e. The van der Waals surface area contributed by atoms with Gasteiger partial charge in [0.25, 0.3) is 5.91 Å². The number of carbonyl (C=O) groups excluding carboxylic acids is 1. The third-order valence-electron chi connectivity index (χ3n) is 3.34. The fraction of sp³-hybridized carbons (Fsp3) is 0.133. The molecule has 1 aliphatic rings. The predicted molar refractivity (Wildman–Crippen MR) is 72.9 cm³/mol. The summed E-state index contributed by atoms with van der Waals surface area (Å²) in [5.74, 6) is -2.08. The molecule has 0 spiro atoms. The molecule has 4 nitrogen and oxygen atoms in total. The Kier molecular flexibility index (Phi) is 3.21. The number of halogens is 2. The standard InChI is InChI=1S/C15H12F2N2O2/c16-10-5-9(12(18)6-11(10)17)15(20)19-13-7-21-14-4-2-1-3-8(13)14/h1-6,13H,7,18H2,(H,19,20). The van der Waals surface area contributed by atoms with Crippen LogP contribution < -0.4 is 15.8 Å². The molecule has 0 saturated heterocycles. The first kappa shape index (κ1) is 13.4. The minimum Gasteiger partial charge on any atom is -0.491 e. The second-order valence-electron chi connectivity index (χ2n) is 4.73. The van der Waals surface area contributed by atoms with Gasteiger partial charge in [0.15, 0.2) is 11.6 Å². The molecule has 0 fully saturated rings. The smallest absolute Gasteiger partial charge is 0.254 e. The fourth-order valence-electron chi connectivity index (χ4n) is 2.28. The quantitative estimate of drug-likeness (QED) is 0.835. The summed E-state index contributed by atoms with van der Waals surface area (Å²) in [6.45, 7) is 0.286. The van der Waals surface area contributed by atoms with Crippen LogP contribution in [-0.2, 0) is 0 Å². The third-order valence-corrected chi connectivity index (χ3v) is 3.34. The van der Waals surface area contributed by atoms with Crippen molar-refractivity contribution in [1.82, 2.24) is 5.32 Å². The Morgan fingerprint density at radius 1 is 1.24 bits per heavy atom. The highest BCUT2D eigenvalue weighted by Gasteiger charge is 2.26. The van der Waals surface area contributed by atoms with Crippen molar-refractivity contribution in [2.24, 2.45) is 0 Å². The summed E-state index contributed by atoms with van der Waals surface area (Å²) in [4.78, 5) is 12.2. The van der Waals surface area contributed by atoms with Crippen LogP contribution in [0.25, 0.3) is 0 Å². The normalized spacial score (nSPS) is 16.2. The number of amides is 1. The summed E-state index contributed by atoms with van der Waals surface area (Å²) in [5, 5.41) is 2.71. The first-order valence-electron chi connectivity index (χ1n) is 6.33. The zero-order valence-electron chi connectivity index (χ0n) is 10.9. The van der Waals surface area contributed by atoms with E-state index in [1.165, 1.54) is 0 Å². The summed E-state index contributed by atoms with van der Waals surface area (Å²) < 4.78 is 31.7. The van der Waals surface area contributed by atoms with Crippen molar-refractivity contribution in [2.75, 3.05) is 12.3 Å². The molecule has 108 valence electrons. The zero-order valence-corrected chi connectivity index (χ0v) is 10.9. The third kappa shape index (κ3) is 2.40. The molecular weight excluding hydrogens is 278 g/mol. The number of hydrogen-bond acceptors (Lipinski definition) is 3. The van der Waals surface area contributed by atoms with Crippen LogP contribution in [-0.4, -0.2) is 12.5 Å². The molecule has 2 aromatic rings. The van der Waals surface area contributed by atoms with E-state index in [0.717, 1.165) is 17.7 Å². The number of carbonyl (C=O) groups is 1. The topological polar surface area (TPSA) is 64.4 Å². The first-order valence-corrected chi connectivity index (χ1v) is 6.33. The maximum Gasteiger partial charge on any atom is 0.254 e. The number of para-hydroxylation sites is 1. The van der Waals surface area contributed by atoms with E-state index in [9.17, 15) is 13.6 Å². The lowest BCUT2D eigenvalue weighted by atomic mass is 10.1. The van der Waals surface area contributed by atoms with E-state index >= 15 is 0 Å². The van der Waals surface area contributed by atoms with Crippen molar-refractivity contribution >= 4 is 11.6 Å². The van der Waals surface area contributed by atoms with Crippen molar-refractivity contribution in [3.63, 3.8) is 0 Å². The SMILES string of the molecule is Nc1cc(F)c(F)cc1C(=O)NC1COc2ccccc21. The van der Waals surface area contributed by atoms with Gasteiger partial charge in [-0.3, -0.25) is 4.79 Å². The molecule has 2 aromatic carbocycles. The minimum atomic E-state index is -1.11. The van der Waals surface area contributed by atoms with Crippen molar-refractivity contribution in [2.45, 2.75) is 6.04 Å². The van der Waals surface area contributed by atoms with Crippen LogP contribution in [0.15, 0.2) is 36.4 Å². The van der Waals surface area contributed by atoms with E-state index in [2.05, 4.69) is 5.32 Å². The summed E-state index contributed by atoms with van der Waals surface area (Å²) in [6.07, 6.45) is 0. The van der Waals surface area contributed by atoms with Crippen LogP contribution in [0.3, 0.4) is 0 Å². The van der Waals surface area contributed by atoms with E-state index in [1.807, 2.05) is 18.2 Å². The van der Waals surface area contributed by atoms with E-state index in [4.69, 9.17) is 10.5 Å². The minimum absolute atomic E-state index is 0.0988. The van der Waals surface area contributed by atoms with Crippen molar-refractivity contribution in [1.29, 1.82) is 0 Å². The zero-order chi connectivity index (χ0) is 15.0. The Morgan fingerprint density at radius 3 is 2.76 bits per heavy atom. The van der Waals surface area contributed by atoms with Gasteiger partial charge in [-0.05, 0) is 12.1 Å². The molecule has 0 bridgehead atoms. The van der Waals surface area contributed by atoms with E-state index < -0.39 is 17.5 Å². The first-order chi connectivity index (χ1) is 10.1. The molecule has 1 atom stereocenters. The van der Waals surface area contributed by atoms with Gasteiger partial charge >= 0.3 is 0 Å². The maximum atomic E-state index is 13.2. The molecule has 3 N–H and O–H groups in total. The molecule has 1 aliphatic heterocycles. The Morgan fingerprint density at radius 2 is 1.95 bits per heavy atom. The number of nitrogen functional groups attached to an aromatic ring is 1. The van der Waals surface area contributed by atoms with Gasteiger partial charge in [0.1, 0.15) is 12.4 Å². The van der Waals surface area contributed by atoms with Gasteiger partial charge in [-0.15, -0.1) is 0 Å². The highest BCUT2D eigenvalue weighted by Crippen LogP contribution is 2.32. The lowest BCUT2D eigenvalue weighted by molar-refractivity contribution is 0.0930. The van der Waals surface area contributed by atoms with Gasteiger partial charge in [0.2, 0.25) is 0 Å². The second-order valence-corrected chi connectivity index (χ2v) is 4.73. The summed E-state index contributed by atoms with van der Waals surface area (Å²) in [5.41, 5.74) is 6.19. The number of nitrogens with two attached hydrogens (primary N) is 1. The van der Waals surface area contributed by atoms with E-state index in [-0.39, 0.29) is 23.9 Å². The number of nitrogens with one attached hydrogen (secondary N) is 1. The second kappa shape index (κ2) is 5.05.